The monoisotopic (exact) mass is 273 g/mol. The van der Waals surface area contributed by atoms with Crippen molar-refractivity contribution in [2.24, 2.45) is 11.7 Å². The summed E-state index contributed by atoms with van der Waals surface area (Å²) >= 11 is 0. The Labute approximate surface area is 125 Å². The van der Waals surface area contributed by atoms with Gasteiger partial charge in [-0.25, -0.2) is 0 Å². The van der Waals surface area contributed by atoms with Crippen LogP contribution in [0.2, 0.25) is 0 Å². The third-order valence-corrected chi connectivity index (χ3v) is 2.46. The normalized spacial score (nSPS) is 9.85. The van der Waals surface area contributed by atoms with Gasteiger partial charge in [-0.1, -0.05) is 62.9 Å². The Bertz CT molecular complexity index is 383. The predicted octanol–water partition coefficient (Wildman–Crippen LogP) is 5.24. The van der Waals surface area contributed by atoms with Gasteiger partial charge in [-0.05, 0) is 49.9 Å². The molecular formula is C19H31N. The zero-order valence-corrected chi connectivity index (χ0v) is 13.8. The number of hydrogen-bond acceptors (Lipinski definition) is 1. The fraction of sp³-hybridized carbons (Fsp3) is 0.368. The van der Waals surface area contributed by atoms with Crippen LogP contribution in [0.3, 0.4) is 0 Å². The van der Waals surface area contributed by atoms with E-state index in [-0.39, 0.29) is 0 Å². The van der Waals surface area contributed by atoms with Gasteiger partial charge in [0.2, 0.25) is 0 Å². The molecule has 0 amide bonds. The third-order valence-electron chi connectivity index (χ3n) is 2.46. The molecule has 0 unspecified atom stereocenters. The Morgan fingerprint density at radius 1 is 1.10 bits per heavy atom. The topological polar surface area (TPSA) is 26.0 Å². The molecule has 0 spiro atoms. The lowest BCUT2D eigenvalue weighted by molar-refractivity contribution is 0.647. The Kier molecular flexibility index (Phi) is 14.3. The van der Waals surface area contributed by atoms with Gasteiger partial charge in [-0.3, -0.25) is 0 Å². The average Bonchev–Trinajstić information content (AvgIpc) is 2.44. The van der Waals surface area contributed by atoms with Crippen molar-refractivity contribution in [1.82, 2.24) is 0 Å². The summed E-state index contributed by atoms with van der Waals surface area (Å²) in [4.78, 5) is 0. The molecule has 2 N–H and O–H groups in total. The second-order valence-corrected chi connectivity index (χ2v) is 4.65. The summed E-state index contributed by atoms with van der Waals surface area (Å²) < 4.78 is 0. The van der Waals surface area contributed by atoms with Gasteiger partial charge < -0.3 is 5.73 Å². The van der Waals surface area contributed by atoms with Crippen molar-refractivity contribution in [2.45, 2.75) is 34.1 Å². The number of allylic oxidation sites excluding steroid dienone is 4. The lowest BCUT2D eigenvalue weighted by Gasteiger charge is -2.06. The molecule has 1 nitrogen and oxygen atoms in total. The molecule has 112 valence electrons. The Balaban J connectivity index is 0. The standard InChI is InChI=1S/C15H20.C3H6.CH5N/c1-5-14(6-2)15-9-7-13(8-10-15)11-12(3)4;1-3-2;1-2/h5-10,12H,1,11H2,2-4H3;3H,1H2,2H3;2H2,1H3/b14-6+;;. The molecule has 0 saturated heterocycles. The highest BCUT2D eigenvalue weighted by molar-refractivity contribution is 5.73. The lowest BCUT2D eigenvalue weighted by atomic mass is 9.99. The highest BCUT2D eigenvalue weighted by atomic mass is 14.4. The summed E-state index contributed by atoms with van der Waals surface area (Å²) in [6.07, 6.45) is 6.89. The number of nitrogens with two attached hydrogens (primary N) is 1. The summed E-state index contributed by atoms with van der Waals surface area (Å²) in [6, 6.07) is 8.77. The van der Waals surface area contributed by atoms with Crippen molar-refractivity contribution < 1.29 is 0 Å². The van der Waals surface area contributed by atoms with Gasteiger partial charge >= 0.3 is 0 Å². The van der Waals surface area contributed by atoms with E-state index < -0.39 is 0 Å². The Morgan fingerprint density at radius 2 is 1.55 bits per heavy atom. The van der Waals surface area contributed by atoms with Gasteiger partial charge in [0.25, 0.3) is 0 Å². The third kappa shape index (κ3) is 9.35. The fourth-order valence-corrected chi connectivity index (χ4v) is 1.71. The molecular weight excluding hydrogens is 242 g/mol. The molecule has 0 radical (unpaired) electrons. The fourth-order valence-electron chi connectivity index (χ4n) is 1.71. The molecule has 0 fully saturated rings. The van der Waals surface area contributed by atoms with E-state index in [1.807, 2.05) is 19.9 Å². The van der Waals surface area contributed by atoms with Crippen LogP contribution in [0.5, 0.6) is 0 Å². The molecule has 0 saturated carbocycles. The van der Waals surface area contributed by atoms with E-state index in [4.69, 9.17) is 0 Å². The van der Waals surface area contributed by atoms with Crippen molar-refractivity contribution >= 4 is 5.57 Å². The van der Waals surface area contributed by atoms with Crippen LogP contribution < -0.4 is 5.73 Å². The van der Waals surface area contributed by atoms with E-state index in [2.05, 4.69) is 63.1 Å². The van der Waals surface area contributed by atoms with Crippen molar-refractivity contribution in [3.8, 4) is 0 Å². The number of hydrogen-bond donors (Lipinski definition) is 1. The summed E-state index contributed by atoms with van der Waals surface area (Å²) in [5.74, 6) is 0.719. The first-order valence-corrected chi connectivity index (χ1v) is 7.11. The van der Waals surface area contributed by atoms with Crippen LogP contribution in [0.4, 0.5) is 0 Å². The van der Waals surface area contributed by atoms with Gasteiger partial charge in [-0.15, -0.1) is 6.58 Å². The van der Waals surface area contributed by atoms with Gasteiger partial charge in [0.05, 0.1) is 0 Å². The Morgan fingerprint density at radius 3 is 1.85 bits per heavy atom. The van der Waals surface area contributed by atoms with Crippen LogP contribution in [-0.4, -0.2) is 7.05 Å². The van der Waals surface area contributed by atoms with E-state index in [0.717, 1.165) is 12.3 Å². The average molecular weight is 273 g/mol. The van der Waals surface area contributed by atoms with Crippen molar-refractivity contribution in [3.63, 3.8) is 0 Å². The van der Waals surface area contributed by atoms with E-state index in [1.54, 1.807) is 6.08 Å². The molecule has 0 atom stereocenters. The van der Waals surface area contributed by atoms with Crippen molar-refractivity contribution in [3.05, 3.63) is 66.8 Å². The lowest BCUT2D eigenvalue weighted by Crippen LogP contribution is -1.93. The summed E-state index contributed by atoms with van der Waals surface area (Å²) in [5, 5.41) is 0. The quantitative estimate of drug-likeness (QED) is 0.589. The number of benzene rings is 1. The maximum atomic E-state index is 4.50. The molecule has 0 aromatic heterocycles. The van der Waals surface area contributed by atoms with Gasteiger partial charge in [0.1, 0.15) is 0 Å². The molecule has 0 aliphatic carbocycles. The maximum Gasteiger partial charge on any atom is -0.0187 e. The summed E-state index contributed by atoms with van der Waals surface area (Å²) in [6.45, 7) is 15.6. The molecule has 1 rings (SSSR count). The van der Waals surface area contributed by atoms with E-state index >= 15 is 0 Å². The van der Waals surface area contributed by atoms with Crippen LogP contribution in [0, 0.1) is 5.92 Å². The van der Waals surface area contributed by atoms with Crippen LogP contribution >= 0.6 is 0 Å². The van der Waals surface area contributed by atoms with Crippen molar-refractivity contribution in [1.29, 1.82) is 0 Å². The zero-order valence-electron chi connectivity index (χ0n) is 13.8. The zero-order chi connectivity index (χ0) is 16.0. The first-order valence-electron chi connectivity index (χ1n) is 7.11. The minimum atomic E-state index is 0.719. The summed E-state index contributed by atoms with van der Waals surface area (Å²) in [5.41, 5.74) is 8.36. The molecule has 20 heavy (non-hydrogen) atoms. The first-order chi connectivity index (χ1) is 9.58. The highest BCUT2D eigenvalue weighted by Crippen LogP contribution is 2.17. The smallest absolute Gasteiger partial charge is 0.0187 e. The second kappa shape index (κ2) is 13.8. The van der Waals surface area contributed by atoms with Gasteiger partial charge in [0.15, 0.2) is 0 Å². The minimum Gasteiger partial charge on any atom is -0.333 e. The molecule has 1 aromatic carbocycles. The van der Waals surface area contributed by atoms with Gasteiger partial charge in [0, 0.05) is 0 Å². The number of rotatable bonds is 4. The van der Waals surface area contributed by atoms with Crippen LogP contribution in [0.15, 0.2) is 55.7 Å². The maximum absolute atomic E-state index is 4.50. The molecule has 1 heteroatoms. The Hall–Kier alpha value is -1.60. The molecule has 1 aromatic rings. The summed E-state index contributed by atoms with van der Waals surface area (Å²) in [7, 11) is 1.50. The molecule has 0 aliphatic heterocycles. The SMILES string of the molecule is C=C/C(=C\C)c1ccc(CC(C)C)cc1.C=CC.CN. The highest BCUT2D eigenvalue weighted by Gasteiger charge is 1.99. The van der Waals surface area contributed by atoms with Crippen LogP contribution in [-0.2, 0) is 6.42 Å². The van der Waals surface area contributed by atoms with Crippen molar-refractivity contribution in [2.75, 3.05) is 7.05 Å². The van der Waals surface area contributed by atoms with Crippen LogP contribution in [0.1, 0.15) is 38.8 Å². The first kappa shape index (κ1) is 20.7. The molecule has 0 bridgehead atoms. The van der Waals surface area contributed by atoms with E-state index in [9.17, 15) is 0 Å². The molecule has 0 heterocycles. The van der Waals surface area contributed by atoms with Crippen LogP contribution in [0.25, 0.3) is 5.57 Å². The molecule has 0 aliphatic rings. The largest absolute Gasteiger partial charge is 0.333 e. The van der Waals surface area contributed by atoms with Gasteiger partial charge in [-0.2, -0.15) is 0 Å². The minimum absolute atomic E-state index is 0.719. The second-order valence-electron chi connectivity index (χ2n) is 4.65. The predicted molar refractivity (Wildman–Crippen MR) is 94.8 cm³/mol. The van der Waals surface area contributed by atoms with E-state index in [1.165, 1.54) is 23.7 Å². The van der Waals surface area contributed by atoms with E-state index in [0.29, 0.717) is 0 Å².